The van der Waals surface area contributed by atoms with Crippen molar-refractivity contribution in [2.45, 2.75) is 6.42 Å². The molecule has 0 heterocycles. The van der Waals surface area contributed by atoms with Crippen LogP contribution in [0.25, 0.3) is 0 Å². The molecule has 0 aromatic heterocycles. The van der Waals surface area contributed by atoms with Gasteiger partial charge in [0.1, 0.15) is 5.75 Å². The van der Waals surface area contributed by atoms with E-state index in [1.54, 1.807) is 18.2 Å². The first-order chi connectivity index (χ1) is 7.95. The first-order valence-electron chi connectivity index (χ1n) is 4.73. The molecule has 0 fully saturated rings. The van der Waals surface area contributed by atoms with Gasteiger partial charge in [-0.25, -0.2) is 0 Å². The number of hydrogen-bond acceptors (Lipinski definition) is 3. The van der Waals surface area contributed by atoms with Crippen LogP contribution < -0.4 is 4.74 Å². The van der Waals surface area contributed by atoms with Gasteiger partial charge < -0.3 is 14.9 Å². The lowest BCUT2D eigenvalue weighted by Crippen LogP contribution is -2.25. The van der Waals surface area contributed by atoms with Crippen molar-refractivity contribution >= 4 is 27.9 Å². The second-order valence-corrected chi connectivity index (χ2v) is 4.31. The molecule has 0 aliphatic carbocycles. The lowest BCUT2D eigenvalue weighted by Gasteiger charge is -2.11. The molecule has 0 aliphatic heterocycles. The summed E-state index contributed by atoms with van der Waals surface area (Å²) in [6, 6.07) is 5.04. The molecule has 17 heavy (non-hydrogen) atoms. The van der Waals surface area contributed by atoms with E-state index in [2.05, 4.69) is 15.9 Å². The van der Waals surface area contributed by atoms with Crippen LogP contribution in [-0.4, -0.2) is 29.3 Å². The molecule has 0 saturated heterocycles. The molecule has 1 aromatic carbocycles. The summed E-state index contributed by atoms with van der Waals surface area (Å²) in [6.07, 6.45) is -0.118. The number of rotatable bonds is 5. The zero-order valence-corrected chi connectivity index (χ0v) is 10.6. The zero-order valence-electron chi connectivity index (χ0n) is 9.01. The second-order valence-electron chi connectivity index (χ2n) is 3.39. The molecule has 6 heteroatoms. The summed E-state index contributed by atoms with van der Waals surface area (Å²) in [5, 5.41) is 17.6. The van der Waals surface area contributed by atoms with Gasteiger partial charge in [0.15, 0.2) is 5.92 Å². The molecule has 0 amide bonds. The Balaban J connectivity index is 3.03. The van der Waals surface area contributed by atoms with Gasteiger partial charge in [0, 0.05) is 10.9 Å². The lowest BCUT2D eigenvalue weighted by atomic mass is 9.99. The second kappa shape index (κ2) is 5.67. The number of aliphatic carboxylic acids is 2. The fourth-order valence-corrected chi connectivity index (χ4v) is 1.82. The lowest BCUT2D eigenvalue weighted by molar-refractivity contribution is -0.154. The van der Waals surface area contributed by atoms with Gasteiger partial charge >= 0.3 is 11.9 Å². The zero-order chi connectivity index (χ0) is 13.0. The Morgan fingerprint density at radius 3 is 2.41 bits per heavy atom. The van der Waals surface area contributed by atoms with Gasteiger partial charge in [-0.2, -0.15) is 0 Å². The maximum Gasteiger partial charge on any atom is 0.318 e. The fraction of sp³-hybridized carbons (Fsp3) is 0.273. The van der Waals surface area contributed by atoms with Crippen molar-refractivity contribution in [2.24, 2.45) is 5.92 Å². The van der Waals surface area contributed by atoms with Crippen LogP contribution >= 0.6 is 15.9 Å². The maximum absolute atomic E-state index is 10.8. The van der Waals surface area contributed by atoms with Gasteiger partial charge in [-0.15, -0.1) is 0 Å². The van der Waals surface area contributed by atoms with Crippen molar-refractivity contribution in [2.75, 3.05) is 7.11 Å². The summed E-state index contributed by atoms with van der Waals surface area (Å²) in [5.74, 6) is -3.72. The Morgan fingerprint density at radius 2 is 1.94 bits per heavy atom. The number of halogens is 1. The molecule has 2 N–H and O–H groups in total. The minimum absolute atomic E-state index is 0.118. The van der Waals surface area contributed by atoms with E-state index in [0.29, 0.717) is 11.3 Å². The SMILES string of the molecule is COc1ccc(Br)cc1CC(C(=O)O)C(=O)O. The number of ether oxygens (including phenoxy) is 1. The molecule has 0 radical (unpaired) electrons. The van der Waals surface area contributed by atoms with Crippen LogP contribution in [-0.2, 0) is 16.0 Å². The van der Waals surface area contributed by atoms with E-state index in [-0.39, 0.29) is 6.42 Å². The van der Waals surface area contributed by atoms with Gasteiger partial charge in [-0.05, 0) is 23.8 Å². The van der Waals surface area contributed by atoms with Crippen molar-refractivity contribution < 1.29 is 24.5 Å². The topological polar surface area (TPSA) is 83.8 Å². The standard InChI is InChI=1S/C11H11BrO5/c1-17-9-3-2-7(12)4-6(9)5-8(10(13)14)11(15)16/h2-4,8H,5H2,1H3,(H,13,14)(H,15,16). The van der Waals surface area contributed by atoms with E-state index in [4.69, 9.17) is 14.9 Å². The molecule has 1 rings (SSSR count). The Kier molecular flexibility index (Phi) is 4.51. The summed E-state index contributed by atoms with van der Waals surface area (Å²) in [5.41, 5.74) is 0.539. The highest BCUT2D eigenvalue weighted by Gasteiger charge is 2.27. The number of benzene rings is 1. The Hall–Kier alpha value is -1.56. The first-order valence-corrected chi connectivity index (χ1v) is 5.53. The summed E-state index contributed by atoms with van der Waals surface area (Å²) >= 11 is 3.24. The van der Waals surface area contributed by atoms with Gasteiger partial charge in [-0.3, -0.25) is 9.59 Å². The summed E-state index contributed by atoms with van der Waals surface area (Å²) in [6.45, 7) is 0. The highest BCUT2D eigenvalue weighted by molar-refractivity contribution is 9.10. The van der Waals surface area contributed by atoms with Crippen LogP contribution in [0.2, 0.25) is 0 Å². The molecule has 0 bridgehead atoms. The predicted octanol–water partition coefficient (Wildman–Crippen LogP) is 1.79. The van der Waals surface area contributed by atoms with Crippen LogP contribution in [0.4, 0.5) is 0 Å². The molecule has 5 nitrogen and oxygen atoms in total. The highest BCUT2D eigenvalue weighted by Crippen LogP contribution is 2.25. The monoisotopic (exact) mass is 302 g/mol. The minimum atomic E-state index is -1.47. The number of carboxylic acids is 2. The van der Waals surface area contributed by atoms with Crippen LogP contribution in [0.1, 0.15) is 5.56 Å². The van der Waals surface area contributed by atoms with Crippen molar-refractivity contribution in [1.82, 2.24) is 0 Å². The molecular weight excluding hydrogens is 292 g/mol. The van der Waals surface area contributed by atoms with Gasteiger partial charge in [0.25, 0.3) is 0 Å². The average molecular weight is 303 g/mol. The van der Waals surface area contributed by atoms with Crippen molar-refractivity contribution in [3.63, 3.8) is 0 Å². The molecule has 0 atom stereocenters. The van der Waals surface area contributed by atoms with E-state index in [0.717, 1.165) is 4.47 Å². The minimum Gasteiger partial charge on any atom is -0.496 e. The van der Waals surface area contributed by atoms with Gasteiger partial charge in [-0.1, -0.05) is 15.9 Å². The van der Waals surface area contributed by atoms with E-state index >= 15 is 0 Å². The average Bonchev–Trinajstić information content (AvgIpc) is 2.25. The number of carbonyl (C=O) groups is 2. The molecular formula is C11H11BrO5. The van der Waals surface area contributed by atoms with Crippen molar-refractivity contribution in [3.05, 3.63) is 28.2 Å². The summed E-state index contributed by atoms with van der Waals surface area (Å²) in [4.78, 5) is 21.6. The Bertz CT molecular complexity index is 429. The number of hydrogen-bond donors (Lipinski definition) is 2. The van der Waals surface area contributed by atoms with Gasteiger partial charge in [0.2, 0.25) is 0 Å². The van der Waals surface area contributed by atoms with E-state index in [9.17, 15) is 9.59 Å². The molecule has 0 aliphatic rings. The van der Waals surface area contributed by atoms with E-state index in [1.165, 1.54) is 7.11 Å². The molecule has 92 valence electrons. The molecule has 0 saturated carbocycles. The molecule has 1 aromatic rings. The summed E-state index contributed by atoms with van der Waals surface area (Å²) in [7, 11) is 1.45. The number of carboxylic acid groups (broad SMARTS) is 2. The third kappa shape index (κ3) is 3.45. The number of methoxy groups -OCH3 is 1. The largest absolute Gasteiger partial charge is 0.496 e. The Morgan fingerprint density at radius 1 is 1.35 bits per heavy atom. The normalized spacial score (nSPS) is 10.3. The maximum atomic E-state index is 10.8. The molecule has 0 spiro atoms. The van der Waals surface area contributed by atoms with Crippen molar-refractivity contribution in [3.8, 4) is 5.75 Å². The van der Waals surface area contributed by atoms with Crippen LogP contribution in [0.5, 0.6) is 5.75 Å². The molecule has 0 unspecified atom stereocenters. The van der Waals surface area contributed by atoms with Crippen LogP contribution in [0, 0.1) is 5.92 Å². The van der Waals surface area contributed by atoms with E-state index in [1.807, 2.05) is 0 Å². The van der Waals surface area contributed by atoms with E-state index < -0.39 is 17.9 Å². The highest BCUT2D eigenvalue weighted by atomic mass is 79.9. The van der Waals surface area contributed by atoms with Crippen LogP contribution in [0.15, 0.2) is 22.7 Å². The predicted molar refractivity (Wildman–Crippen MR) is 63.2 cm³/mol. The quantitative estimate of drug-likeness (QED) is 0.810. The Labute approximate surface area is 106 Å². The summed E-state index contributed by atoms with van der Waals surface area (Å²) < 4.78 is 5.79. The van der Waals surface area contributed by atoms with Gasteiger partial charge in [0.05, 0.1) is 7.11 Å². The fourth-order valence-electron chi connectivity index (χ4n) is 1.41. The third-order valence-corrected chi connectivity index (χ3v) is 2.76. The van der Waals surface area contributed by atoms with Crippen molar-refractivity contribution in [1.29, 1.82) is 0 Å². The first kappa shape index (κ1) is 13.5. The third-order valence-electron chi connectivity index (χ3n) is 2.26. The smallest absolute Gasteiger partial charge is 0.318 e. The van der Waals surface area contributed by atoms with Crippen LogP contribution in [0.3, 0.4) is 0 Å².